The number of carbonyl (C=O) groups is 1. The first kappa shape index (κ1) is 18.6. The number of carbonyl (C=O) groups excluding carboxylic acids is 1. The normalized spacial score (nSPS) is 14.9. The Hall–Kier alpha value is -1.69. The van der Waals surface area contributed by atoms with E-state index in [1.807, 2.05) is 74.5 Å². The maximum absolute atomic E-state index is 12.1. The third kappa shape index (κ3) is 4.90. The highest BCUT2D eigenvalue weighted by atomic mass is 32.4. The van der Waals surface area contributed by atoms with Gasteiger partial charge in [-0.1, -0.05) is 18.2 Å². The maximum Gasteiger partial charge on any atom is 0.367 e. The van der Waals surface area contributed by atoms with E-state index >= 15 is 0 Å². The van der Waals surface area contributed by atoms with Gasteiger partial charge in [0.2, 0.25) is 6.33 Å². The molecule has 0 saturated heterocycles. The van der Waals surface area contributed by atoms with Crippen LogP contribution in [-0.4, -0.2) is 22.7 Å². The lowest BCUT2D eigenvalue weighted by Gasteiger charge is -2.23. The van der Waals surface area contributed by atoms with Crippen molar-refractivity contribution < 1.29 is 18.4 Å². The number of hydrogen-bond acceptors (Lipinski definition) is 4. The third-order valence-electron chi connectivity index (χ3n) is 3.09. The second-order valence-electron chi connectivity index (χ2n) is 5.72. The molecule has 0 aliphatic rings. The van der Waals surface area contributed by atoms with Crippen molar-refractivity contribution >= 4 is 24.3 Å². The molecule has 1 N–H and O–H groups in total. The highest BCUT2D eigenvalue weighted by Gasteiger charge is 2.33. The van der Waals surface area contributed by atoms with Crippen molar-refractivity contribution in [3.8, 4) is 5.75 Å². The van der Waals surface area contributed by atoms with Crippen LogP contribution in [-0.2, 0) is 28.4 Å². The number of para-hydroxylation sites is 1. The van der Waals surface area contributed by atoms with Crippen molar-refractivity contribution in [2.24, 2.45) is 7.05 Å². The predicted octanol–water partition coefficient (Wildman–Crippen LogP) is 2.39. The molecule has 130 valence electrons. The molecule has 1 aromatic carbocycles. The van der Waals surface area contributed by atoms with E-state index in [1.165, 1.54) is 0 Å². The summed E-state index contributed by atoms with van der Waals surface area (Å²) >= 11 is 5.79. The lowest BCUT2D eigenvalue weighted by atomic mass is 10.3. The summed E-state index contributed by atoms with van der Waals surface area (Å²) in [5, 5.41) is 3.16. The van der Waals surface area contributed by atoms with Crippen LogP contribution in [0, 0.1) is 0 Å². The van der Waals surface area contributed by atoms with Crippen LogP contribution < -0.4 is 13.9 Å². The van der Waals surface area contributed by atoms with Gasteiger partial charge in [-0.3, -0.25) is 4.79 Å². The van der Waals surface area contributed by atoms with Crippen molar-refractivity contribution in [3.63, 3.8) is 0 Å². The first-order valence-electron chi connectivity index (χ1n) is 7.67. The van der Waals surface area contributed by atoms with Crippen molar-refractivity contribution in [1.82, 2.24) is 9.65 Å². The molecular formula is C16H23N3O3PS+. The van der Waals surface area contributed by atoms with Gasteiger partial charge in [-0.2, -0.15) is 4.34 Å². The van der Waals surface area contributed by atoms with Crippen LogP contribution in [0.3, 0.4) is 0 Å². The fourth-order valence-corrected chi connectivity index (χ4v) is 4.83. The van der Waals surface area contributed by atoms with Crippen molar-refractivity contribution in [2.45, 2.75) is 32.9 Å². The zero-order valence-electron chi connectivity index (χ0n) is 14.2. The zero-order chi connectivity index (χ0) is 17.7. The van der Waals surface area contributed by atoms with Gasteiger partial charge in [0.05, 0.1) is 13.2 Å². The maximum atomic E-state index is 12.1. The number of nitrogens with zero attached hydrogens (tertiary/aromatic N) is 2. The minimum atomic E-state index is -2.75. The summed E-state index contributed by atoms with van der Waals surface area (Å²) in [6, 6.07) is 8.74. The molecule has 8 heteroatoms. The number of nitrogens with one attached hydrogen (secondary N) is 1. The molecule has 2 atom stereocenters. The minimum absolute atomic E-state index is 0.181. The van der Waals surface area contributed by atoms with Gasteiger partial charge in [-0.15, -0.1) is 0 Å². The summed E-state index contributed by atoms with van der Waals surface area (Å²) in [7, 11) is 1.90. The van der Waals surface area contributed by atoms with Gasteiger partial charge in [0, 0.05) is 11.8 Å². The summed E-state index contributed by atoms with van der Waals surface area (Å²) in [6.45, 7) is 2.60. The van der Waals surface area contributed by atoms with Gasteiger partial charge in [0.25, 0.3) is 0 Å². The third-order valence-corrected chi connectivity index (χ3v) is 6.22. The van der Waals surface area contributed by atoms with Crippen LogP contribution in [0.1, 0.15) is 20.8 Å². The van der Waals surface area contributed by atoms with Crippen molar-refractivity contribution in [1.29, 1.82) is 0 Å². The molecule has 0 radical (unpaired) electrons. The molecule has 0 amide bonds. The Morgan fingerprint density at radius 2 is 1.96 bits per heavy atom. The second kappa shape index (κ2) is 7.92. The molecule has 2 rings (SSSR count). The standard InChI is InChI=1S/C16H23N3O3PS/c1-13(2)21-16(20)14(3)17-23(24,19-11-10-18(4)12-19)22-15-8-6-5-7-9-15/h5-14H,1-4H3,(H,17,24)/q+1/t14-,23?/m0/s1. The molecule has 1 aromatic heterocycles. The average Bonchev–Trinajstić information content (AvgIpc) is 2.95. The Bertz CT molecular complexity index is 733. The molecular weight excluding hydrogens is 345 g/mol. The molecule has 0 bridgehead atoms. The number of esters is 1. The van der Waals surface area contributed by atoms with E-state index < -0.39 is 12.6 Å². The number of hydrogen-bond donors (Lipinski definition) is 1. The first-order chi connectivity index (χ1) is 11.3. The van der Waals surface area contributed by atoms with Crippen LogP contribution >= 0.6 is 6.57 Å². The van der Waals surface area contributed by atoms with Gasteiger partial charge in [0.1, 0.15) is 24.2 Å². The van der Waals surface area contributed by atoms with Crippen molar-refractivity contribution in [3.05, 3.63) is 49.1 Å². The first-order valence-corrected chi connectivity index (χ1v) is 10.3. The molecule has 2 aromatic rings. The number of rotatable bonds is 7. The minimum Gasteiger partial charge on any atom is -0.462 e. The summed E-state index contributed by atoms with van der Waals surface area (Å²) in [5.74, 6) is 0.293. The van der Waals surface area contributed by atoms with Gasteiger partial charge in [-0.05, 0) is 32.9 Å². The SMILES string of the molecule is CC(C)OC(=O)[C@H](C)NP(=S)(Oc1ccccc1)[n+]1ccn(C)c1. The van der Waals surface area contributed by atoms with E-state index in [4.69, 9.17) is 21.1 Å². The Morgan fingerprint density at radius 1 is 1.29 bits per heavy atom. The Labute approximate surface area is 147 Å². The lowest BCUT2D eigenvalue weighted by molar-refractivity contribution is -0.521. The largest absolute Gasteiger partial charge is 0.462 e. The van der Waals surface area contributed by atoms with Crippen LogP contribution in [0.4, 0.5) is 0 Å². The monoisotopic (exact) mass is 368 g/mol. The van der Waals surface area contributed by atoms with E-state index in [0.717, 1.165) is 0 Å². The predicted molar refractivity (Wildman–Crippen MR) is 96.2 cm³/mol. The summed E-state index contributed by atoms with van der Waals surface area (Å²) in [5.41, 5.74) is 0. The smallest absolute Gasteiger partial charge is 0.367 e. The molecule has 0 spiro atoms. The molecule has 1 heterocycles. The van der Waals surface area contributed by atoms with E-state index in [1.54, 1.807) is 11.3 Å². The number of aryl methyl sites for hydroxylation is 1. The average molecular weight is 368 g/mol. The van der Waals surface area contributed by atoms with Crippen LogP contribution in [0.15, 0.2) is 49.1 Å². The highest BCUT2D eigenvalue weighted by Crippen LogP contribution is 2.38. The molecule has 24 heavy (non-hydrogen) atoms. The van der Waals surface area contributed by atoms with Gasteiger partial charge >= 0.3 is 12.5 Å². The molecule has 1 unspecified atom stereocenters. The van der Waals surface area contributed by atoms with Gasteiger partial charge in [-0.25, -0.2) is 9.65 Å². The topological polar surface area (TPSA) is 56.4 Å². The van der Waals surface area contributed by atoms with Crippen LogP contribution in [0.5, 0.6) is 5.75 Å². The Balaban J connectivity index is 2.26. The lowest BCUT2D eigenvalue weighted by Crippen LogP contribution is -2.45. The summed E-state index contributed by atoms with van der Waals surface area (Å²) in [4.78, 5) is 12.1. The summed E-state index contributed by atoms with van der Waals surface area (Å²) in [6.07, 6.45) is 5.35. The molecule has 0 aliphatic carbocycles. The summed E-state index contributed by atoms with van der Waals surface area (Å²) < 4.78 is 15.0. The van der Waals surface area contributed by atoms with Crippen molar-refractivity contribution in [2.75, 3.05) is 0 Å². The van der Waals surface area contributed by atoms with E-state index in [2.05, 4.69) is 5.09 Å². The molecule has 0 fully saturated rings. The fourth-order valence-electron chi connectivity index (χ4n) is 1.99. The zero-order valence-corrected chi connectivity index (χ0v) is 16.0. The fraction of sp³-hybridized carbons (Fsp3) is 0.375. The second-order valence-corrected chi connectivity index (χ2v) is 9.15. The molecule has 6 nitrogen and oxygen atoms in total. The quantitative estimate of drug-likeness (QED) is 0.601. The number of aromatic nitrogens is 2. The Morgan fingerprint density at radius 3 is 2.50 bits per heavy atom. The number of imidazole rings is 1. The van der Waals surface area contributed by atoms with Gasteiger partial charge in [0.15, 0.2) is 0 Å². The molecule has 0 aliphatic heterocycles. The highest BCUT2D eigenvalue weighted by molar-refractivity contribution is 8.08. The van der Waals surface area contributed by atoms with Crippen LogP contribution in [0.25, 0.3) is 0 Å². The van der Waals surface area contributed by atoms with Gasteiger partial charge < -0.3 is 9.26 Å². The van der Waals surface area contributed by atoms with E-state index in [-0.39, 0.29) is 12.1 Å². The number of benzene rings is 1. The molecule has 0 saturated carbocycles. The van der Waals surface area contributed by atoms with Crippen LogP contribution in [0.2, 0.25) is 0 Å². The Kier molecular flexibility index (Phi) is 6.15. The number of ether oxygens (including phenoxy) is 1. The van der Waals surface area contributed by atoms with E-state index in [9.17, 15) is 4.79 Å². The van der Waals surface area contributed by atoms with E-state index in [0.29, 0.717) is 5.75 Å².